The summed E-state index contributed by atoms with van der Waals surface area (Å²) in [5, 5.41) is 13.3. The minimum atomic E-state index is -0.692. The highest BCUT2D eigenvalue weighted by Gasteiger charge is 2.38. The molecule has 3 unspecified atom stereocenters. The van der Waals surface area contributed by atoms with E-state index in [0.717, 1.165) is 11.8 Å². The zero-order valence-electron chi connectivity index (χ0n) is 15.5. The summed E-state index contributed by atoms with van der Waals surface area (Å²) in [5.74, 6) is -0.420. The van der Waals surface area contributed by atoms with Gasteiger partial charge in [-0.05, 0) is 30.0 Å². The second-order valence-electron chi connectivity index (χ2n) is 6.24. The number of thiocyanates is 1. The molecule has 2 heterocycles. The zero-order chi connectivity index (χ0) is 20.8. The van der Waals surface area contributed by atoms with Crippen LogP contribution in [0.25, 0.3) is 0 Å². The SMILES string of the molecule is CC(=O)OC1CC(n2ccc(NC(=O)c3ccccc3)nc2=O)OC1CSC#N. The van der Waals surface area contributed by atoms with Crippen molar-refractivity contribution < 1.29 is 19.1 Å². The van der Waals surface area contributed by atoms with Gasteiger partial charge in [0.15, 0.2) is 0 Å². The van der Waals surface area contributed by atoms with E-state index in [1.54, 1.807) is 30.3 Å². The molecular weight excluding hydrogens is 396 g/mol. The molecule has 3 atom stereocenters. The molecule has 1 saturated heterocycles. The molecule has 10 heteroatoms. The molecule has 1 aromatic carbocycles. The lowest BCUT2D eigenvalue weighted by Crippen LogP contribution is -2.28. The van der Waals surface area contributed by atoms with Crippen molar-refractivity contribution in [2.45, 2.75) is 31.8 Å². The van der Waals surface area contributed by atoms with Crippen LogP contribution in [0.15, 0.2) is 47.4 Å². The molecule has 1 fully saturated rings. The quantitative estimate of drug-likeness (QED) is 0.562. The Morgan fingerprint density at radius 2 is 2.14 bits per heavy atom. The minimum Gasteiger partial charge on any atom is -0.460 e. The van der Waals surface area contributed by atoms with Gasteiger partial charge in [-0.2, -0.15) is 10.2 Å². The summed E-state index contributed by atoms with van der Waals surface area (Å²) in [6, 6.07) is 10.1. The Labute approximate surface area is 170 Å². The molecular formula is C19H18N4O5S. The van der Waals surface area contributed by atoms with Gasteiger partial charge >= 0.3 is 11.7 Å². The third kappa shape index (κ3) is 5.22. The fourth-order valence-electron chi connectivity index (χ4n) is 2.96. The summed E-state index contributed by atoms with van der Waals surface area (Å²) in [7, 11) is 0. The number of hydrogen-bond acceptors (Lipinski definition) is 8. The van der Waals surface area contributed by atoms with E-state index in [2.05, 4.69) is 10.3 Å². The lowest BCUT2D eigenvalue weighted by molar-refractivity contribution is -0.148. The number of carbonyl (C=O) groups excluding carboxylic acids is 2. The third-order valence-electron chi connectivity index (χ3n) is 4.23. The van der Waals surface area contributed by atoms with Crippen LogP contribution >= 0.6 is 11.8 Å². The third-order valence-corrected chi connectivity index (χ3v) is 4.85. The topological polar surface area (TPSA) is 123 Å². The summed E-state index contributed by atoms with van der Waals surface area (Å²) in [6.07, 6.45) is -0.0538. The number of esters is 1. The van der Waals surface area contributed by atoms with Gasteiger partial charge in [-0.25, -0.2) is 4.79 Å². The number of thioether (sulfide) groups is 1. The maximum absolute atomic E-state index is 12.4. The van der Waals surface area contributed by atoms with Crippen LogP contribution < -0.4 is 11.0 Å². The van der Waals surface area contributed by atoms with E-state index in [1.807, 2.05) is 5.40 Å². The number of carbonyl (C=O) groups is 2. The van der Waals surface area contributed by atoms with Gasteiger partial charge in [-0.1, -0.05) is 18.2 Å². The molecule has 1 aromatic heterocycles. The number of ether oxygens (including phenoxy) is 2. The first-order valence-corrected chi connectivity index (χ1v) is 9.75. The predicted molar refractivity (Wildman–Crippen MR) is 105 cm³/mol. The Hall–Kier alpha value is -3.16. The van der Waals surface area contributed by atoms with Gasteiger partial charge in [0.05, 0.1) is 0 Å². The number of anilines is 1. The average molecular weight is 414 g/mol. The van der Waals surface area contributed by atoms with E-state index in [-0.39, 0.29) is 18.1 Å². The minimum absolute atomic E-state index is 0.117. The highest BCUT2D eigenvalue weighted by atomic mass is 32.2. The molecule has 1 N–H and O–H groups in total. The Bertz CT molecular complexity index is 988. The Balaban J connectivity index is 1.72. The number of aromatic nitrogens is 2. The van der Waals surface area contributed by atoms with Gasteiger partial charge in [0.2, 0.25) is 0 Å². The molecule has 2 aromatic rings. The number of nitriles is 1. The molecule has 1 aliphatic rings. The van der Waals surface area contributed by atoms with Gasteiger partial charge in [-0.15, -0.1) is 0 Å². The summed E-state index contributed by atoms with van der Waals surface area (Å²) < 4.78 is 12.3. The smallest absolute Gasteiger partial charge is 0.351 e. The van der Waals surface area contributed by atoms with Crippen LogP contribution in [0.3, 0.4) is 0 Å². The average Bonchev–Trinajstić information content (AvgIpc) is 3.08. The number of amides is 1. The van der Waals surface area contributed by atoms with E-state index in [1.165, 1.54) is 23.8 Å². The van der Waals surface area contributed by atoms with Crippen molar-refractivity contribution in [1.29, 1.82) is 5.26 Å². The molecule has 0 saturated carbocycles. The van der Waals surface area contributed by atoms with Gasteiger partial charge in [0, 0.05) is 30.9 Å². The van der Waals surface area contributed by atoms with Crippen LogP contribution in [-0.2, 0) is 14.3 Å². The van der Waals surface area contributed by atoms with Crippen LogP contribution in [0.4, 0.5) is 5.82 Å². The van der Waals surface area contributed by atoms with Gasteiger partial charge < -0.3 is 14.8 Å². The van der Waals surface area contributed by atoms with Crippen molar-refractivity contribution >= 4 is 29.5 Å². The second-order valence-corrected chi connectivity index (χ2v) is 7.04. The normalized spacial score (nSPS) is 20.6. The molecule has 1 amide bonds. The maximum Gasteiger partial charge on any atom is 0.351 e. The van der Waals surface area contributed by atoms with E-state index < -0.39 is 30.1 Å². The van der Waals surface area contributed by atoms with Crippen LogP contribution in [0.5, 0.6) is 0 Å². The van der Waals surface area contributed by atoms with E-state index in [4.69, 9.17) is 14.7 Å². The fraction of sp³-hybridized carbons (Fsp3) is 0.316. The highest BCUT2D eigenvalue weighted by Crippen LogP contribution is 2.31. The van der Waals surface area contributed by atoms with Crippen LogP contribution in [0.2, 0.25) is 0 Å². The molecule has 150 valence electrons. The van der Waals surface area contributed by atoms with Crippen molar-refractivity contribution in [2.75, 3.05) is 11.1 Å². The van der Waals surface area contributed by atoms with Crippen LogP contribution in [0, 0.1) is 10.7 Å². The second kappa shape index (κ2) is 9.36. The molecule has 0 spiro atoms. The van der Waals surface area contributed by atoms with E-state index in [9.17, 15) is 14.4 Å². The molecule has 0 bridgehead atoms. The monoisotopic (exact) mass is 414 g/mol. The van der Waals surface area contributed by atoms with Gasteiger partial charge in [0.1, 0.15) is 29.7 Å². The Kier molecular flexibility index (Phi) is 6.64. The molecule has 0 aliphatic carbocycles. The van der Waals surface area contributed by atoms with Crippen molar-refractivity contribution in [3.8, 4) is 5.40 Å². The first kappa shape index (κ1) is 20.6. The zero-order valence-corrected chi connectivity index (χ0v) is 16.3. The van der Waals surface area contributed by atoms with Crippen molar-refractivity contribution in [3.05, 3.63) is 58.6 Å². The molecule has 9 nitrogen and oxygen atoms in total. The van der Waals surface area contributed by atoms with E-state index >= 15 is 0 Å². The largest absolute Gasteiger partial charge is 0.460 e. The standard InChI is InChI=1S/C19H18N4O5S/c1-12(24)27-14-9-17(28-15(14)10-29-11-20)23-8-7-16(22-19(23)26)21-18(25)13-5-3-2-4-6-13/h2-8,14-15,17H,9-10H2,1H3,(H,21,22,25,26). The van der Waals surface area contributed by atoms with Crippen LogP contribution in [0.1, 0.15) is 29.9 Å². The molecule has 29 heavy (non-hydrogen) atoms. The number of nitrogens with zero attached hydrogens (tertiary/aromatic N) is 3. The van der Waals surface area contributed by atoms with Gasteiger partial charge in [-0.3, -0.25) is 14.2 Å². The molecule has 1 aliphatic heterocycles. The summed E-state index contributed by atoms with van der Waals surface area (Å²) in [6.45, 7) is 1.29. The van der Waals surface area contributed by atoms with Gasteiger partial charge in [0.25, 0.3) is 5.91 Å². The number of nitrogens with one attached hydrogen (secondary N) is 1. The number of rotatable bonds is 6. The number of hydrogen-bond donors (Lipinski definition) is 1. The number of benzene rings is 1. The first-order chi connectivity index (χ1) is 14.0. The summed E-state index contributed by atoms with van der Waals surface area (Å²) >= 11 is 0.984. The fourth-order valence-corrected chi connectivity index (χ4v) is 3.49. The summed E-state index contributed by atoms with van der Waals surface area (Å²) in [5.41, 5.74) is -0.171. The maximum atomic E-state index is 12.4. The van der Waals surface area contributed by atoms with E-state index in [0.29, 0.717) is 11.3 Å². The van der Waals surface area contributed by atoms with Crippen LogP contribution in [-0.4, -0.2) is 39.4 Å². The lowest BCUT2D eigenvalue weighted by Gasteiger charge is -2.16. The Morgan fingerprint density at radius 3 is 2.79 bits per heavy atom. The molecule has 0 radical (unpaired) electrons. The lowest BCUT2D eigenvalue weighted by atomic mass is 10.2. The first-order valence-electron chi connectivity index (χ1n) is 8.77. The van der Waals surface area contributed by atoms with Crippen molar-refractivity contribution in [3.63, 3.8) is 0 Å². The summed E-state index contributed by atoms with van der Waals surface area (Å²) in [4.78, 5) is 39.9. The van der Waals surface area contributed by atoms with Crippen molar-refractivity contribution in [2.24, 2.45) is 0 Å². The Morgan fingerprint density at radius 1 is 1.38 bits per heavy atom. The highest BCUT2D eigenvalue weighted by molar-refractivity contribution is 8.03. The van der Waals surface area contributed by atoms with Crippen molar-refractivity contribution in [1.82, 2.24) is 9.55 Å². The predicted octanol–water partition coefficient (Wildman–Crippen LogP) is 1.93. The molecule has 3 rings (SSSR count).